The van der Waals surface area contributed by atoms with Crippen LogP contribution in [0.1, 0.15) is 51.4 Å². The minimum absolute atomic E-state index is 0.422. The van der Waals surface area contributed by atoms with Crippen LogP contribution in [-0.4, -0.2) is 62.2 Å². The average molecular weight is 267 g/mol. The zero-order chi connectivity index (χ0) is 13.7. The van der Waals surface area contributed by atoms with E-state index in [4.69, 9.17) is 0 Å². The zero-order valence-electron chi connectivity index (χ0n) is 13.2. The summed E-state index contributed by atoms with van der Waals surface area (Å²) in [7, 11) is 6.81. The van der Waals surface area contributed by atoms with Crippen LogP contribution in [0.2, 0.25) is 0 Å². The quantitative estimate of drug-likeness (QED) is 0.825. The molecule has 1 unspecified atom stereocenters. The molecule has 2 fully saturated rings. The summed E-state index contributed by atoms with van der Waals surface area (Å²) >= 11 is 0. The molecule has 0 radical (unpaired) electrons. The number of rotatable bonds is 5. The predicted octanol–water partition coefficient (Wildman–Crippen LogP) is 2.32. The van der Waals surface area contributed by atoms with Crippen molar-refractivity contribution in [1.29, 1.82) is 0 Å². The van der Waals surface area contributed by atoms with Crippen molar-refractivity contribution in [2.45, 2.75) is 62.9 Å². The van der Waals surface area contributed by atoms with E-state index in [1.807, 2.05) is 0 Å². The minimum atomic E-state index is 0.422. The van der Waals surface area contributed by atoms with Crippen molar-refractivity contribution in [3.8, 4) is 0 Å². The molecule has 1 saturated heterocycles. The lowest BCUT2D eigenvalue weighted by atomic mass is 9.80. The van der Waals surface area contributed by atoms with Crippen LogP contribution in [-0.2, 0) is 0 Å². The molecule has 2 aliphatic rings. The molecular formula is C16H33N3. The molecule has 0 bridgehead atoms. The zero-order valence-corrected chi connectivity index (χ0v) is 13.2. The SMILES string of the molecule is CN1CCCCC1CNCC1(N(C)C)CCCCC1. The summed E-state index contributed by atoms with van der Waals surface area (Å²) < 4.78 is 0. The van der Waals surface area contributed by atoms with Gasteiger partial charge in [-0.2, -0.15) is 0 Å². The van der Waals surface area contributed by atoms with Gasteiger partial charge in [-0.1, -0.05) is 25.7 Å². The van der Waals surface area contributed by atoms with E-state index in [-0.39, 0.29) is 0 Å². The monoisotopic (exact) mass is 267 g/mol. The van der Waals surface area contributed by atoms with Crippen molar-refractivity contribution < 1.29 is 0 Å². The van der Waals surface area contributed by atoms with Crippen molar-refractivity contribution in [3.63, 3.8) is 0 Å². The normalized spacial score (nSPS) is 28.7. The van der Waals surface area contributed by atoms with Gasteiger partial charge in [-0.05, 0) is 53.4 Å². The molecular weight excluding hydrogens is 234 g/mol. The first kappa shape index (κ1) is 15.3. The highest BCUT2D eigenvalue weighted by molar-refractivity contribution is 4.93. The molecule has 1 heterocycles. The van der Waals surface area contributed by atoms with Gasteiger partial charge >= 0.3 is 0 Å². The van der Waals surface area contributed by atoms with Crippen LogP contribution in [0.3, 0.4) is 0 Å². The van der Waals surface area contributed by atoms with Gasteiger partial charge in [0.2, 0.25) is 0 Å². The maximum Gasteiger partial charge on any atom is 0.0327 e. The lowest BCUT2D eigenvalue weighted by Crippen LogP contribution is -2.54. The number of hydrogen-bond donors (Lipinski definition) is 1. The molecule has 1 atom stereocenters. The Labute approximate surface area is 119 Å². The van der Waals surface area contributed by atoms with Gasteiger partial charge in [-0.15, -0.1) is 0 Å². The van der Waals surface area contributed by atoms with Gasteiger partial charge in [0.05, 0.1) is 0 Å². The maximum atomic E-state index is 3.79. The van der Waals surface area contributed by atoms with Crippen LogP contribution in [0, 0.1) is 0 Å². The van der Waals surface area contributed by atoms with Crippen LogP contribution >= 0.6 is 0 Å². The molecule has 3 heteroatoms. The van der Waals surface area contributed by atoms with Crippen molar-refractivity contribution in [2.75, 3.05) is 40.8 Å². The maximum absolute atomic E-state index is 3.79. The average Bonchev–Trinajstić information content (AvgIpc) is 2.42. The van der Waals surface area contributed by atoms with E-state index in [1.165, 1.54) is 71.0 Å². The van der Waals surface area contributed by atoms with Crippen LogP contribution in [0.15, 0.2) is 0 Å². The molecule has 0 aromatic rings. The summed E-state index contributed by atoms with van der Waals surface area (Å²) in [6, 6.07) is 0.761. The Bertz CT molecular complexity index is 259. The van der Waals surface area contributed by atoms with Gasteiger partial charge in [0.25, 0.3) is 0 Å². The third-order valence-electron chi connectivity index (χ3n) is 5.49. The smallest absolute Gasteiger partial charge is 0.0327 e. The van der Waals surface area contributed by atoms with E-state index in [0.29, 0.717) is 5.54 Å². The van der Waals surface area contributed by atoms with E-state index in [0.717, 1.165) is 6.04 Å². The largest absolute Gasteiger partial charge is 0.313 e. The van der Waals surface area contributed by atoms with Gasteiger partial charge in [-0.3, -0.25) is 0 Å². The fraction of sp³-hybridized carbons (Fsp3) is 1.00. The van der Waals surface area contributed by atoms with Gasteiger partial charge < -0.3 is 15.1 Å². The third kappa shape index (κ3) is 3.93. The predicted molar refractivity (Wildman–Crippen MR) is 82.6 cm³/mol. The van der Waals surface area contributed by atoms with Crippen molar-refractivity contribution >= 4 is 0 Å². The summed E-state index contributed by atoms with van der Waals surface area (Å²) in [4.78, 5) is 5.02. The summed E-state index contributed by atoms with van der Waals surface area (Å²) in [5, 5.41) is 3.79. The van der Waals surface area contributed by atoms with E-state index in [1.54, 1.807) is 0 Å². The Hall–Kier alpha value is -0.120. The molecule has 112 valence electrons. The number of likely N-dealkylation sites (N-methyl/N-ethyl adjacent to an activating group) is 2. The molecule has 0 amide bonds. The fourth-order valence-corrected chi connectivity index (χ4v) is 3.87. The molecule has 1 aliphatic carbocycles. The van der Waals surface area contributed by atoms with E-state index < -0.39 is 0 Å². The Morgan fingerprint density at radius 3 is 2.47 bits per heavy atom. The molecule has 0 aromatic carbocycles. The first-order valence-electron chi connectivity index (χ1n) is 8.22. The number of nitrogens with zero attached hydrogens (tertiary/aromatic N) is 2. The van der Waals surface area contributed by atoms with Crippen LogP contribution in [0.4, 0.5) is 0 Å². The lowest BCUT2D eigenvalue weighted by Gasteiger charge is -2.44. The third-order valence-corrected chi connectivity index (χ3v) is 5.49. The van der Waals surface area contributed by atoms with E-state index >= 15 is 0 Å². The topological polar surface area (TPSA) is 18.5 Å². The second-order valence-electron chi connectivity index (χ2n) is 6.94. The number of piperidine rings is 1. The van der Waals surface area contributed by atoms with Gasteiger partial charge in [-0.25, -0.2) is 0 Å². The number of nitrogens with one attached hydrogen (secondary N) is 1. The molecule has 1 aliphatic heterocycles. The number of hydrogen-bond acceptors (Lipinski definition) is 3. The first-order valence-corrected chi connectivity index (χ1v) is 8.22. The van der Waals surface area contributed by atoms with E-state index in [9.17, 15) is 0 Å². The second-order valence-corrected chi connectivity index (χ2v) is 6.94. The fourth-order valence-electron chi connectivity index (χ4n) is 3.87. The standard InChI is InChI=1S/C16H33N3/c1-18(2)16(10-6-4-7-11-16)14-17-13-15-9-5-8-12-19(15)3/h15,17H,4-14H2,1-3H3. The highest BCUT2D eigenvalue weighted by atomic mass is 15.2. The molecule has 1 saturated carbocycles. The minimum Gasteiger partial charge on any atom is -0.313 e. The van der Waals surface area contributed by atoms with Crippen molar-refractivity contribution in [3.05, 3.63) is 0 Å². The van der Waals surface area contributed by atoms with Crippen molar-refractivity contribution in [2.24, 2.45) is 0 Å². The summed E-state index contributed by atoms with van der Waals surface area (Å²) in [5.74, 6) is 0. The van der Waals surface area contributed by atoms with Crippen LogP contribution in [0.5, 0.6) is 0 Å². The summed E-state index contributed by atoms with van der Waals surface area (Å²) in [5.41, 5.74) is 0.422. The summed E-state index contributed by atoms with van der Waals surface area (Å²) in [6.07, 6.45) is 11.1. The molecule has 3 nitrogen and oxygen atoms in total. The van der Waals surface area contributed by atoms with E-state index in [2.05, 4.69) is 36.3 Å². The highest BCUT2D eigenvalue weighted by Gasteiger charge is 2.34. The van der Waals surface area contributed by atoms with Crippen LogP contribution < -0.4 is 5.32 Å². The molecule has 1 N–H and O–H groups in total. The second kappa shape index (κ2) is 7.05. The Balaban J connectivity index is 1.78. The number of likely N-dealkylation sites (tertiary alicyclic amines) is 1. The Morgan fingerprint density at radius 1 is 1.11 bits per heavy atom. The Kier molecular flexibility index (Phi) is 5.67. The molecule has 0 aromatic heterocycles. The van der Waals surface area contributed by atoms with Gasteiger partial charge in [0, 0.05) is 24.7 Å². The van der Waals surface area contributed by atoms with Gasteiger partial charge in [0.15, 0.2) is 0 Å². The summed E-state index contributed by atoms with van der Waals surface area (Å²) in [6.45, 7) is 3.63. The lowest BCUT2D eigenvalue weighted by molar-refractivity contribution is 0.0934. The molecule has 2 rings (SSSR count). The molecule has 0 spiro atoms. The first-order chi connectivity index (χ1) is 9.14. The van der Waals surface area contributed by atoms with Gasteiger partial charge in [0.1, 0.15) is 0 Å². The van der Waals surface area contributed by atoms with Crippen molar-refractivity contribution in [1.82, 2.24) is 15.1 Å². The van der Waals surface area contributed by atoms with Crippen LogP contribution in [0.25, 0.3) is 0 Å². The Morgan fingerprint density at radius 2 is 1.84 bits per heavy atom. The molecule has 19 heavy (non-hydrogen) atoms. The highest BCUT2D eigenvalue weighted by Crippen LogP contribution is 2.31.